The van der Waals surface area contributed by atoms with Crippen molar-refractivity contribution in [3.05, 3.63) is 71.0 Å². The highest BCUT2D eigenvalue weighted by Crippen LogP contribution is 2.45. The van der Waals surface area contributed by atoms with E-state index >= 15 is 0 Å². The SMILES string of the molecule is Clc1c(SSc2cnc3ccccc3c2Cl)cnc2ccccc12. The Morgan fingerprint density at radius 1 is 0.625 bits per heavy atom. The maximum absolute atomic E-state index is 6.52. The highest BCUT2D eigenvalue weighted by atomic mass is 35.5. The molecule has 0 amide bonds. The summed E-state index contributed by atoms with van der Waals surface area (Å²) in [6.45, 7) is 0. The second-order valence-electron chi connectivity index (χ2n) is 5.07. The van der Waals surface area contributed by atoms with Crippen LogP contribution in [0.25, 0.3) is 21.8 Å². The molecule has 0 fully saturated rings. The van der Waals surface area contributed by atoms with E-state index in [4.69, 9.17) is 23.2 Å². The van der Waals surface area contributed by atoms with Gasteiger partial charge < -0.3 is 0 Å². The van der Waals surface area contributed by atoms with Crippen LogP contribution in [-0.2, 0) is 0 Å². The molecule has 0 bridgehead atoms. The molecule has 0 unspecified atom stereocenters. The topological polar surface area (TPSA) is 25.8 Å². The van der Waals surface area contributed by atoms with Crippen LogP contribution in [0.4, 0.5) is 0 Å². The van der Waals surface area contributed by atoms with Gasteiger partial charge in [0, 0.05) is 23.2 Å². The van der Waals surface area contributed by atoms with Gasteiger partial charge in [-0.3, -0.25) is 9.97 Å². The first-order chi connectivity index (χ1) is 11.7. The molecular formula is C18H10Cl2N2S2. The Morgan fingerprint density at radius 3 is 1.50 bits per heavy atom. The minimum Gasteiger partial charge on any atom is -0.255 e. The molecule has 6 heteroatoms. The second-order valence-corrected chi connectivity index (χ2v) is 8.04. The molecule has 2 aromatic heterocycles. The highest BCUT2D eigenvalue weighted by Gasteiger charge is 2.11. The van der Waals surface area contributed by atoms with Crippen LogP contribution in [0.3, 0.4) is 0 Å². The largest absolute Gasteiger partial charge is 0.255 e. The minimum absolute atomic E-state index is 0.711. The molecule has 2 heterocycles. The Kier molecular flexibility index (Phi) is 4.55. The maximum Gasteiger partial charge on any atom is 0.0717 e. The van der Waals surface area contributed by atoms with Crippen LogP contribution in [0, 0.1) is 0 Å². The zero-order valence-electron chi connectivity index (χ0n) is 12.2. The summed E-state index contributed by atoms with van der Waals surface area (Å²) in [6.07, 6.45) is 3.59. The number of benzene rings is 2. The molecule has 0 atom stereocenters. The van der Waals surface area contributed by atoms with Crippen molar-refractivity contribution in [1.29, 1.82) is 0 Å². The number of halogens is 2. The van der Waals surface area contributed by atoms with Crippen molar-refractivity contribution in [2.24, 2.45) is 0 Å². The van der Waals surface area contributed by atoms with E-state index in [1.807, 2.05) is 48.5 Å². The Morgan fingerprint density at radius 2 is 1.04 bits per heavy atom. The van der Waals surface area contributed by atoms with E-state index in [1.165, 1.54) is 21.6 Å². The molecule has 4 rings (SSSR count). The highest BCUT2D eigenvalue weighted by molar-refractivity contribution is 8.76. The fourth-order valence-electron chi connectivity index (χ4n) is 2.38. The normalized spacial score (nSPS) is 11.2. The molecule has 0 saturated carbocycles. The van der Waals surface area contributed by atoms with E-state index in [0.717, 1.165) is 31.6 Å². The van der Waals surface area contributed by atoms with Crippen molar-refractivity contribution >= 4 is 66.6 Å². The predicted molar refractivity (Wildman–Crippen MR) is 105 cm³/mol. The molecule has 0 radical (unpaired) electrons. The molecule has 0 aliphatic carbocycles. The monoisotopic (exact) mass is 388 g/mol. The molecule has 0 spiro atoms. The molecule has 118 valence electrons. The van der Waals surface area contributed by atoms with Crippen LogP contribution in [0.2, 0.25) is 10.0 Å². The number of fused-ring (bicyclic) bond motifs is 2. The average molecular weight is 389 g/mol. The van der Waals surface area contributed by atoms with Gasteiger partial charge in [-0.2, -0.15) is 0 Å². The van der Waals surface area contributed by atoms with Crippen molar-refractivity contribution in [2.45, 2.75) is 9.79 Å². The van der Waals surface area contributed by atoms with Crippen molar-refractivity contribution in [1.82, 2.24) is 9.97 Å². The zero-order chi connectivity index (χ0) is 16.5. The summed E-state index contributed by atoms with van der Waals surface area (Å²) in [4.78, 5) is 10.7. The lowest BCUT2D eigenvalue weighted by Crippen LogP contribution is -1.84. The van der Waals surface area contributed by atoms with Gasteiger partial charge in [0.15, 0.2) is 0 Å². The molecule has 0 aliphatic heterocycles. The van der Waals surface area contributed by atoms with Gasteiger partial charge in [-0.15, -0.1) is 0 Å². The number of rotatable bonds is 3. The van der Waals surface area contributed by atoms with Crippen LogP contribution in [0.5, 0.6) is 0 Å². The third-order valence-corrected chi connectivity index (χ3v) is 7.00. The molecule has 0 saturated heterocycles. The Labute approximate surface area is 157 Å². The van der Waals surface area contributed by atoms with Gasteiger partial charge in [0.1, 0.15) is 0 Å². The number of hydrogen-bond acceptors (Lipinski definition) is 4. The summed E-state index contributed by atoms with van der Waals surface area (Å²) in [6, 6.07) is 15.7. The number of pyridine rings is 2. The first-order valence-corrected chi connectivity index (χ1v) is 10.1. The van der Waals surface area contributed by atoms with E-state index in [-0.39, 0.29) is 0 Å². The molecule has 0 N–H and O–H groups in total. The third-order valence-electron chi connectivity index (χ3n) is 3.58. The predicted octanol–water partition coefficient (Wildman–Crippen LogP) is 6.89. The van der Waals surface area contributed by atoms with Crippen LogP contribution in [-0.4, -0.2) is 9.97 Å². The summed E-state index contributed by atoms with van der Waals surface area (Å²) in [7, 11) is 3.07. The standard InChI is InChI=1S/C18H10Cl2N2S2/c19-17-11-5-1-3-7-13(11)21-9-15(17)23-24-16-10-22-14-8-4-2-6-12(14)18(16)20/h1-10H. The maximum atomic E-state index is 6.52. The summed E-state index contributed by atoms with van der Waals surface area (Å²) < 4.78 is 0. The summed E-state index contributed by atoms with van der Waals surface area (Å²) >= 11 is 13.0. The van der Waals surface area contributed by atoms with E-state index < -0.39 is 0 Å². The Bertz CT molecular complexity index is 968. The fourth-order valence-corrected chi connectivity index (χ4v) is 5.34. The van der Waals surface area contributed by atoms with Gasteiger partial charge in [-0.05, 0) is 33.7 Å². The molecule has 0 aliphatic rings. The molecule has 2 nitrogen and oxygen atoms in total. The first-order valence-electron chi connectivity index (χ1n) is 7.15. The molecule has 2 aromatic carbocycles. The lowest BCUT2D eigenvalue weighted by molar-refractivity contribution is 1.30. The summed E-state index contributed by atoms with van der Waals surface area (Å²) in [5.74, 6) is 0. The van der Waals surface area contributed by atoms with Gasteiger partial charge in [-0.1, -0.05) is 59.6 Å². The van der Waals surface area contributed by atoms with E-state index in [0.29, 0.717) is 10.0 Å². The van der Waals surface area contributed by atoms with E-state index in [9.17, 15) is 0 Å². The quantitative estimate of drug-likeness (QED) is 0.356. The van der Waals surface area contributed by atoms with Gasteiger partial charge in [-0.25, -0.2) is 0 Å². The smallest absolute Gasteiger partial charge is 0.0717 e. The third kappa shape index (κ3) is 2.95. The van der Waals surface area contributed by atoms with Crippen LogP contribution < -0.4 is 0 Å². The van der Waals surface area contributed by atoms with Gasteiger partial charge >= 0.3 is 0 Å². The Balaban J connectivity index is 1.66. The van der Waals surface area contributed by atoms with E-state index in [2.05, 4.69) is 9.97 Å². The summed E-state index contributed by atoms with van der Waals surface area (Å²) in [5, 5.41) is 3.32. The zero-order valence-corrected chi connectivity index (χ0v) is 15.4. The second kappa shape index (κ2) is 6.81. The van der Waals surface area contributed by atoms with Crippen molar-refractivity contribution in [3.8, 4) is 0 Å². The van der Waals surface area contributed by atoms with Crippen molar-refractivity contribution < 1.29 is 0 Å². The number of para-hydroxylation sites is 2. The summed E-state index contributed by atoms with van der Waals surface area (Å²) in [5.41, 5.74) is 1.78. The first kappa shape index (κ1) is 16.0. The molecular weight excluding hydrogens is 379 g/mol. The molecule has 24 heavy (non-hydrogen) atoms. The lowest BCUT2D eigenvalue weighted by atomic mass is 10.2. The fraction of sp³-hybridized carbons (Fsp3) is 0. The number of hydrogen-bond donors (Lipinski definition) is 0. The Hall–Kier alpha value is -1.46. The lowest BCUT2D eigenvalue weighted by Gasteiger charge is -2.08. The van der Waals surface area contributed by atoms with Gasteiger partial charge in [0.05, 0.1) is 30.9 Å². The van der Waals surface area contributed by atoms with Crippen LogP contribution in [0.1, 0.15) is 0 Å². The molecule has 4 aromatic rings. The van der Waals surface area contributed by atoms with Crippen LogP contribution in [0.15, 0.2) is 70.7 Å². The number of aromatic nitrogens is 2. The van der Waals surface area contributed by atoms with E-state index in [1.54, 1.807) is 12.4 Å². The van der Waals surface area contributed by atoms with Crippen LogP contribution >= 0.6 is 44.8 Å². The van der Waals surface area contributed by atoms with Crippen molar-refractivity contribution in [3.63, 3.8) is 0 Å². The van der Waals surface area contributed by atoms with Gasteiger partial charge in [0.2, 0.25) is 0 Å². The van der Waals surface area contributed by atoms with Gasteiger partial charge in [0.25, 0.3) is 0 Å². The minimum atomic E-state index is 0.711. The number of nitrogens with zero attached hydrogens (tertiary/aromatic N) is 2. The average Bonchev–Trinajstić information content (AvgIpc) is 2.63. The van der Waals surface area contributed by atoms with Crippen molar-refractivity contribution in [2.75, 3.05) is 0 Å².